The second-order valence-electron chi connectivity index (χ2n) is 6.17. The van der Waals surface area contributed by atoms with Gasteiger partial charge in [-0.1, -0.05) is 25.1 Å². The Balaban J connectivity index is 1.93. The van der Waals surface area contributed by atoms with Crippen molar-refractivity contribution >= 4 is 17.8 Å². The lowest BCUT2D eigenvalue weighted by molar-refractivity contribution is -0.142. The first-order valence-corrected chi connectivity index (χ1v) is 8.14. The van der Waals surface area contributed by atoms with Gasteiger partial charge in [-0.25, -0.2) is 9.48 Å². The Morgan fingerprint density at radius 2 is 2.04 bits per heavy atom. The number of aromatic nitrogens is 3. The lowest BCUT2D eigenvalue weighted by Crippen LogP contribution is -2.46. The summed E-state index contributed by atoms with van der Waals surface area (Å²) in [5.74, 6) is -1.99. The van der Waals surface area contributed by atoms with Gasteiger partial charge in [-0.2, -0.15) is 0 Å². The molecule has 1 aromatic heterocycles. The lowest BCUT2D eigenvalue weighted by Gasteiger charge is -2.16. The van der Waals surface area contributed by atoms with Crippen molar-refractivity contribution in [3.8, 4) is 5.69 Å². The summed E-state index contributed by atoms with van der Waals surface area (Å²) in [4.78, 5) is 35.3. The highest BCUT2D eigenvalue weighted by molar-refractivity contribution is 5.97. The van der Waals surface area contributed by atoms with Crippen LogP contribution in [0.4, 0.5) is 0 Å². The molecule has 1 heterocycles. The summed E-state index contributed by atoms with van der Waals surface area (Å²) in [5, 5.41) is 21.6. The number of nitrogens with one attached hydrogen (secondary N) is 2. The second-order valence-corrected chi connectivity index (χ2v) is 6.17. The molecule has 0 aliphatic carbocycles. The van der Waals surface area contributed by atoms with Crippen molar-refractivity contribution in [1.29, 1.82) is 0 Å². The molecule has 138 valence electrons. The Morgan fingerprint density at radius 1 is 1.27 bits per heavy atom. The van der Waals surface area contributed by atoms with Crippen LogP contribution in [0.5, 0.6) is 0 Å². The first-order valence-electron chi connectivity index (χ1n) is 8.14. The summed E-state index contributed by atoms with van der Waals surface area (Å²) >= 11 is 0. The fraction of sp³-hybridized carbons (Fsp3) is 0.353. The van der Waals surface area contributed by atoms with Crippen molar-refractivity contribution in [3.63, 3.8) is 0 Å². The van der Waals surface area contributed by atoms with Crippen LogP contribution in [0, 0.1) is 5.92 Å². The van der Waals surface area contributed by atoms with Gasteiger partial charge in [0, 0.05) is 5.56 Å². The van der Waals surface area contributed by atoms with Gasteiger partial charge in [-0.15, -0.1) is 5.10 Å². The second kappa shape index (κ2) is 8.75. The maximum Gasteiger partial charge on any atom is 0.326 e. The molecule has 0 fully saturated rings. The number of hydrogen-bond donors (Lipinski definition) is 3. The van der Waals surface area contributed by atoms with E-state index in [0.717, 1.165) is 0 Å². The van der Waals surface area contributed by atoms with Crippen LogP contribution in [0.1, 0.15) is 30.6 Å². The highest BCUT2D eigenvalue weighted by Gasteiger charge is 2.21. The van der Waals surface area contributed by atoms with Gasteiger partial charge in [-0.3, -0.25) is 9.59 Å². The van der Waals surface area contributed by atoms with Crippen molar-refractivity contribution in [2.75, 3.05) is 6.54 Å². The van der Waals surface area contributed by atoms with E-state index in [0.29, 0.717) is 17.7 Å². The molecule has 1 atom stereocenters. The topological polar surface area (TPSA) is 126 Å². The molecule has 26 heavy (non-hydrogen) atoms. The first kappa shape index (κ1) is 19.1. The number of benzene rings is 1. The van der Waals surface area contributed by atoms with E-state index >= 15 is 0 Å². The van der Waals surface area contributed by atoms with Crippen molar-refractivity contribution in [2.24, 2.45) is 5.92 Å². The molecule has 2 aromatic rings. The van der Waals surface area contributed by atoms with Crippen LogP contribution in [0.2, 0.25) is 0 Å². The number of hydrogen-bond acceptors (Lipinski definition) is 5. The predicted molar refractivity (Wildman–Crippen MR) is 92.7 cm³/mol. The quantitative estimate of drug-likeness (QED) is 0.634. The zero-order chi connectivity index (χ0) is 19.1. The minimum absolute atomic E-state index is 0.116. The summed E-state index contributed by atoms with van der Waals surface area (Å²) in [5.41, 5.74) is 1.00. The van der Waals surface area contributed by atoms with Gasteiger partial charge in [-0.05, 0) is 30.5 Å². The van der Waals surface area contributed by atoms with E-state index in [1.807, 2.05) is 13.8 Å². The third kappa shape index (κ3) is 5.40. The maximum atomic E-state index is 12.2. The average Bonchev–Trinajstić information content (AvgIpc) is 3.13. The van der Waals surface area contributed by atoms with Crippen LogP contribution in [0.3, 0.4) is 0 Å². The Bertz CT molecular complexity index is 773. The third-order valence-corrected chi connectivity index (χ3v) is 3.55. The SMILES string of the molecule is CC(C)C[C@H](NC(=O)CNC(=O)c1cccc(-n2ccnn2)c1)C(=O)O. The monoisotopic (exact) mass is 359 g/mol. The Labute approximate surface area is 150 Å². The Morgan fingerprint density at radius 3 is 2.65 bits per heavy atom. The van der Waals surface area contributed by atoms with Crippen molar-refractivity contribution in [3.05, 3.63) is 42.2 Å². The summed E-state index contributed by atoms with van der Waals surface area (Å²) in [6.07, 6.45) is 3.48. The van der Waals surface area contributed by atoms with Gasteiger partial charge in [0.05, 0.1) is 24.6 Å². The van der Waals surface area contributed by atoms with Crippen molar-refractivity contribution < 1.29 is 19.5 Å². The van der Waals surface area contributed by atoms with Gasteiger partial charge < -0.3 is 15.7 Å². The molecular weight excluding hydrogens is 338 g/mol. The fourth-order valence-corrected chi connectivity index (χ4v) is 2.34. The lowest BCUT2D eigenvalue weighted by atomic mass is 10.0. The Hall–Kier alpha value is -3.23. The molecule has 3 N–H and O–H groups in total. The molecule has 0 radical (unpaired) electrons. The summed E-state index contributed by atoms with van der Waals surface area (Å²) < 4.78 is 1.51. The summed E-state index contributed by atoms with van der Waals surface area (Å²) in [6.45, 7) is 3.42. The molecule has 0 bridgehead atoms. The summed E-state index contributed by atoms with van der Waals surface area (Å²) in [7, 11) is 0. The molecule has 9 nitrogen and oxygen atoms in total. The number of carbonyl (C=O) groups is 3. The highest BCUT2D eigenvalue weighted by Crippen LogP contribution is 2.09. The van der Waals surface area contributed by atoms with E-state index in [4.69, 9.17) is 5.11 Å². The first-order chi connectivity index (χ1) is 12.4. The van der Waals surface area contributed by atoms with Crippen molar-refractivity contribution in [2.45, 2.75) is 26.3 Å². The van der Waals surface area contributed by atoms with E-state index in [1.54, 1.807) is 30.5 Å². The maximum absolute atomic E-state index is 12.2. The van der Waals surface area contributed by atoms with Crippen LogP contribution < -0.4 is 10.6 Å². The highest BCUT2D eigenvalue weighted by atomic mass is 16.4. The number of nitrogens with zero attached hydrogens (tertiary/aromatic N) is 3. The fourth-order valence-electron chi connectivity index (χ4n) is 2.34. The van der Waals surface area contributed by atoms with Gasteiger partial charge in [0.25, 0.3) is 5.91 Å². The molecule has 0 saturated carbocycles. The third-order valence-electron chi connectivity index (χ3n) is 3.55. The Kier molecular flexibility index (Phi) is 6.42. The van der Waals surface area contributed by atoms with E-state index in [-0.39, 0.29) is 12.5 Å². The predicted octanol–water partition coefficient (Wildman–Crippen LogP) is 0.613. The number of carbonyl (C=O) groups excluding carboxylic acids is 2. The largest absolute Gasteiger partial charge is 0.480 e. The minimum Gasteiger partial charge on any atom is -0.480 e. The molecule has 0 aliphatic rings. The van der Waals surface area contributed by atoms with E-state index < -0.39 is 23.8 Å². The van der Waals surface area contributed by atoms with E-state index in [2.05, 4.69) is 20.9 Å². The van der Waals surface area contributed by atoms with Crippen LogP contribution >= 0.6 is 0 Å². The van der Waals surface area contributed by atoms with Crippen LogP contribution in [-0.2, 0) is 9.59 Å². The molecule has 1 aromatic carbocycles. The van der Waals surface area contributed by atoms with Crippen LogP contribution in [0.25, 0.3) is 5.69 Å². The molecule has 0 saturated heterocycles. The zero-order valence-electron chi connectivity index (χ0n) is 14.5. The van der Waals surface area contributed by atoms with E-state index in [9.17, 15) is 14.4 Å². The van der Waals surface area contributed by atoms with E-state index in [1.165, 1.54) is 10.9 Å². The van der Waals surface area contributed by atoms with Gasteiger partial charge >= 0.3 is 5.97 Å². The van der Waals surface area contributed by atoms with Crippen LogP contribution in [0.15, 0.2) is 36.7 Å². The van der Waals surface area contributed by atoms with Gasteiger partial charge in [0.1, 0.15) is 6.04 Å². The molecule has 9 heteroatoms. The molecule has 2 amide bonds. The van der Waals surface area contributed by atoms with Gasteiger partial charge in [0.2, 0.25) is 5.91 Å². The molecular formula is C17H21N5O4. The molecule has 2 rings (SSSR count). The normalized spacial score (nSPS) is 11.8. The number of rotatable bonds is 8. The molecule has 0 unspecified atom stereocenters. The smallest absolute Gasteiger partial charge is 0.326 e. The zero-order valence-corrected chi connectivity index (χ0v) is 14.5. The standard InChI is InChI=1S/C17H21N5O4/c1-11(2)8-14(17(25)26)20-15(23)10-18-16(24)12-4-3-5-13(9-12)22-7-6-19-21-22/h3-7,9,11,14H,8,10H2,1-2H3,(H,18,24)(H,20,23)(H,25,26)/t14-/m0/s1. The minimum atomic E-state index is -1.10. The summed E-state index contributed by atoms with van der Waals surface area (Å²) in [6, 6.07) is 5.69. The number of aliphatic carboxylic acids is 1. The molecule has 0 aliphatic heterocycles. The number of carboxylic acids is 1. The van der Waals surface area contributed by atoms with Crippen molar-refractivity contribution in [1.82, 2.24) is 25.6 Å². The number of carboxylic acid groups (broad SMARTS) is 1. The van der Waals surface area contributed by atoms with Crippen LogP contribution in [-0.4, -0.2) is 50.5 Å². The van der Waals surface area contributed by atoms with Gasteiger partial charge in [0.15, 0.2) is 0 Å². The molecule has 0 spiro atoms. The average molecular weight is 359 g/mol. The number of amides is 2.